The monoisotopic (exact) mass is 284 g/mol. The Kier molecular flexibility index (Phi) is 3.38. The maximum Gasteiger partial charge on any atom is 0.412 e. The largest absolute Gasteiger partial charge is 0.453 e. The van der Waals surface area contributed by atoms with E-state index in [0.29, 0.717) is 23.1 Å². The van der Waals surface area contributed by atoms with E-state index in [1.54, 1.807) is 41.2 Å². The van der Waals surface area contributed by atoms with E-state index in [9.17, 15) is 4.79 Å². The van der Waals surface area contributed by atoms with Crippen LogP contribution in [0.15, 0.2) is 48.9 Å². The molecule has 0 aliphatic carbocycles. The van der Waals surface area contributed by atoms with E-state index < -0.39 is 6.09 Å². The number of nitrogens with zero attached hydrogens (tertiary/aromatic N) is 3. The molecule has 1 amide bonds. The number of anilines is 1. The highest BCUT2D eigenvalue weighted by Gasteiger charge is 2.07. The molecule has 0 aromatic carbocycles. The predicted octanol–water partition coefficient (Wildman–Crippen LogP) is 2.70. The first-order valence-corrected chi connectivity index (χ1v) is 6.17. The molecule has 7 nitrogen and oxygen atoms in total. The van der Waals surface area contributed by atoms with Crippen molar-refractivity contribution in [1.29, 1.82) is 0 Å². The predicted molar refractivity (Wildman–Crippen MR) is 75.5 cm³/mol. The fourth-order valence-corrected chi connectivity index (χ4v) is 1.78. The number of aromatic nitrogens is 3. The van der Waals surface area contributed by atoms with Crippen molar-refractivity contribution in [2.24, 2.45) is 0 Å². The number of fused-ring (bicyclic) bond motifs is 1. The average Bonchev–Trinajstić information content (AvgIpc) is 2.89. The van der Waals surface area contributed by atoms with Gasteiger partial charge in [-0.15, -0.1) is 0 Å². The summed E-state index contributed by atoms with van der Waals surface area (Å²) in [6.07, 6.45) is 4.50. The van der Waals surface area contributed by atoms with Crippen molar-refractivity contribution in [2.45, 2.75) is 0 Å². The number of nitrogens with one attached hydrogen (secondary N) is 1. The third-order valence-electron chi connectivity index (χ3n) is 2.70. The van der Waals surface area contributed by atoms with Gasteiger partial charge >= 0.3 is 6.09 Å². The molecule has 0 unspecified atom stereocenters. The van der Waals surface area contributed by atoms with Gasteiger partial charge in [-0.2, -0.15) is 0 Å². The molecular formula is C14H12N4O3. The van der Waals surface area contributed by atoms with E-state index >= 15 is 0 Å². The van der Waals surface area contributed by atoms with Crippen LogP contribution in [-0.2, 0) is 4.74 Å². The summed E-state index contributed by atoms with van der Waals surface area (Å²) >= 11 is 0. The minimum Gasteiger partial charge on any atom is -0.453 e. The molecule has 3 aromatic rings. The molecule has 0 fully saturated rings. The fraction of sp³-hybridized carbons (Fsp3) is 0.0714. The zero-order valence-corrected chi connectivity index (χ0v) is 11.2. The van der Waals surface area contributed by atoms with Crippen LogP contribution in [0.2, 0.25) is 0 Å². The van der Waals surface area contributed by atoms with Crippen molar-refractivity contribution in [3.05, 3.63) is 48.9 Å². The third kappa shape index (κ3) is 2.92. The number of pyridine rings is 2. The number of hydrogen-bond acceptors (Lipinski definition) is 5. The molecule has 106 valence electrons. The Labute approximate surface area is 120 Å². The van der Waals surface area contributed by atoms with E-state index in [0.717, 1.165) is 0 Å². The minimum absolute atomic E-state index is 0.400. The number of amides is 1. The van der Waals surface area contributed by atoms with Crippen LogP contribution in [-0.4, -0.2) is 27.6 Å². The Morgan fingerprint density at radius 3 is 2.90 bits per heavy atom. The Balaban J connectivity index is 1.84. The fourth-order valence-electron chi connectivity index (χ4n) is 1.78. The van der Waals surface area contributed by atoms with Gasteiger partial charge in [0, 0.05) is 12.3 Å². The van der Waals surface area contributed by atoms with Crippen LogP contribution in [0.1, 0.15) is 0 Å². The van der Waals surface area contributed by atoms with Gasteiger partial charge in [0.1, 0.15) is 11.4 Å². The summed E-state index contributed by atoms with van der Waals surface area (Å²) in [7, 11) is 1.30. The quantitative estimate of drug-likeness (QED) is 0.800. The maximum absolute atomic E-state index is 11.2. The number of hydrogen-bond donors (Lipinski definition) is 1. The molecule has 0 saturated heterocycles. The maximum atomic E-state index is 11.2. The number of carbonyl (C=O) groups excluding carboxylic acids is 1. The summed E-state index contributed by atoms with van der Waals surface area (Å²) in [6, 6.07) is 8.98. The van der Waals surface area contributed by atoms with Crippen molar-refractivity contribution in [2.75, 3.05) is 12.4 Å². The summed E-state index contributed by atoms with van der Waals surface area (Å²) < 4.78 is 11.9. The zero-order chi connectivity index (χ0) is 14.7. The number of imidazole rings is 1. The topological polar surface area (TPSA) is 77.8 Å². The van der Waals surface area contributed by atoms with Crippen molar-refractivity contribution in [3.8, 4) is 11.6 Å². The molecule has 0 radical (unpaired) electrons. The van der Waals surface area contributed by atoms with Gasteiger partial charge in [0.2, 0.25) is 5.88 Å². The minimum atomic E-state index is -0.566. The first-order chi connectivity index (χ1) is 10.2. The number of methoxy groups -OCH3 is 1. The van der Waals surface area contributed by atoms with Gasteiger partial charge < -0.3 is 13.9 Å². The van der Waals surface area contributed by atoms with Gasteiger partial charge in [0.05, 0.1) is 19.5 Å². The molecule has 0 aliphatic heterocycles. The second-order valence-electron chi connectivity index (χ2n) is 4.14. The van der Waals surface area contributed by atoms with Crippen LogP contribution in [0.4, 0.5) is 10.6 Å². The molecule has 3 heterocycles. The SMILES string of the molecule is COC(=O)Nc1cn2cc(Oc3ccccn3)ccc2n1. The molecule has 0 saturated carbocycles. The van der Waals surface area contributed by atoms with Crippen LogP contribution in [0.3, 0.4) is 0 Å². The molecular weight excluding hydrogens is 272 g/mol. The summed E-state index contributed by atoms with van der Waals surface area (Å²) in [6.45, 7) is 0. The first-order valence-electron chi connectivity index (χ1n) is 6.17. The number of carbonyl (C=O) groups is 1. The molecule has 7 heteroatoms. The average molecular weight is 284 g/mol. The number of rotatable bonds is 3. The van der Waals surface area contributed by atoms with E-state index in [1.165, 1.54) is 7.11 Å². The molecule has 0 atom stereocenters. The molecule has 0 aliphatic rings. The van der Waals surface area contributed by atoms with Gasteiger partial charge in [-0.3, -0.25) is 5.32 Å². The molecule has 0 spiro atoms. The van der Waals surface area contributed by atoms with Crippen molar-refractivity contribution >= 4 is 17.6 Å². The highest BCUT2D eigenvalue weighted by molar-refractivity contribution is 5.83. The first kappa shape index (κ1) is 12.9. The van der Waals surface area contributed by atoms with E-state index in [1.807, 2.05) is 12.1 Å². The van der Waals surface area contributed by atoms with Gasteiger partial charge in [0.25, 0.3) is 0 Å². The highest BCUT2D eigenvalue weighted by Crippen LogP contribution is 2.20. The standard InChI is InChI=1S/C14H12N4O3/c1-20-14(19)17-11-9-18-8-10(5-6-12(18)16-11)21-13-4-2-3-7-15-13/h2-9H,1H3,(H,17,19). The van der Waals surface area contributed by atoms with E-state index in [4.69, 9.17) is 4.74 Å². The van der Waals surface area contributed by atoms with Gasteiger partial charge in [-0.25, -0.2) is 14.8 Å². The van der Waals surface area contributed by atoms with Gasteiger partial charge in [-0.05, 0) is 18.2 Å². The number of ether oxygens (including phenoxy) is 2. The normalized spacial score (nSPS) is 10.3. The lowest BCUT2D eigenvalue weighted by Crippen LogP contribution is -2.10. The Morgan fingerprint density at radius 1 is 1.24 bits per heavy atom. The highest BCUT2D eigenvalue weighted by atomic mass is 16.5. The van der Waals surface area contributed by atoms with Crippen LogP contribution in [0.25, 0.3) is 5.65 Å². The molecule has 1 N–H and O–H groups in total. The molecule has 0 bridgehead atoms. The van der Waals surface area contributed by atoms with E-state index in [2.05, 4.69) is 20.0 Å². The van der Waals surface area contributed by atoms with Crippen LogP contribution >= 0.6 is 0 Å². The summed E-state index contributed by atoms with van der Waals surface area (Å²) in [5.74, 6) is 1.52. The van der Waals surface area contributed by atoms with E-state index in [-0.39, 0.29) is 0 Å². The Hall–Kier alpha value is -3.09. The van der Waals surface area contributed by atoms with Crippen LogP contribution < -0.4 is 10.1 Å². The van der Waals surface area contributed by atoms with Crippen molar-refractivity contribution in [1.82, 2.24) is 14.4 Å². The summed E-state index contributed by atoms with van der Waals surface area (Å²) in [5, 5.41) is 2.50. The second-order valence-corrected chi connectivity index (χ2v) is 4.14. The summed E-state index contributed by atoms with van der Waals surface area (Å²) in [5.41, 5.74) is 0.676. The lowest BCUT2D eigenvalue weighted by atomic mass is 10.4. The van der Waals surface area contributed by atoms with Gasteiger partial charge in [-0.1, -0.05) is 6.07 Å². The summed E-state index contributed by atoms with van der Waals surface area (Å²) in [4.78, 5) is 19.5. The Bertz CT molecular complexity index is 770. The lowest BCUT2D eigenvalue weighted by Gasteiger charge is -2.04. The lowest BCUT2D eigenvalue weighted by molar-refractivity contribution is 0.187. The molecule has 21 heavy (non-hydrogen) atoms. The van der Waals surface area contributed by atoms with Crippen molar-refractivity contribution in [3.63, 3.8) is 0 Å². The molecule has 3 aromatic heterocycles. The smallest absolute Gasteiger partial charge is 0.412 e. The van der Waals surface area contributed by atoms with Gasteiger partial charge in [0.15, 0.2) is 5.82 Å². The van der Waals surface area contributed by atoms with Crippen molar-refractivity contribution < 1.29 is 14.3 Å². The Morgan fingerprint density at radius 2 is 2.14 bits per heavy atom. The second kappa shape index (κ2) is 5.49. The third-order valence-corrected chi connectivity index (χ3v) is 2.70. The van der Waals surface area contributed by atoms with Crippen LogP contribution in [0.5, 0.6) is 11.6 Å². The molecule has 3 rings (SSSR count). The zero-order valence-electron chi connectivity index (χ0n) is 11.2. The van der Waals surface area contributed by atoms with Crippen LogP contribution in [0, 0.1) is 0 Å².